The summed E-state index contributed by atoms with van der Waals surface area (Å²) in [5.41, 5.74) is 0. The molecule has 0 spiro atoms. The van der Waals surface area contributed by atoms with Crippen molar-refractivity contribution in [1.29, 1.82) is 0 Å². The van der Waals surface area contributed by atoms with Gasteiger partial charge in [0.2, 0.25) is 5.91 Å². The zero-order valence-corrected chi connectivity index (χ0v) is 9.54. The molecule has 3 nitrogen and oxygen atoms in total. The van der Waals surface area contributed by atoms with Gasteiger partial charge in [-0.25, -0.2) is 0 Å². The fourth-order valence-corrected chi connectivity index (χ4v) is 1.41. The number of carbonyl (C=O) groups is 1. The first-order valence-electron chi connectivity index (χ1n) is 5.58. The van der Waals surface area contributed by atoms with E-state index >= 15 is 0 Å². The van der Waals surface area contributed by atoms with Gasteiger partial charge in [0.25, 0.3) is 0 Å². The molecule has 0 aromatic heterocycles. The van der Waals surface area contributed by atoms with Crippen molar-refractivity contribution in [3.05, 3.63) is 0 Å². The first-order chi connectivity index (χ1) is 7.26. The van der Waals surface area contributed by atoms with E-state index in [1.165, 1.54) is 0 Å². The molecule has 0 aliphatic heterocycles. The van der Waals surface area contributed by atoms with Crippen LogP contribution in [0.25, 0.3) is 0 Å². The van der Waals surface area contributed by atoms with E-state index in [1.807, 2.05) is 6.92 Å². The van der Waals surface area contributed by atoms with Gasteiger partial charge in [0, 0.05) is 25.9 Å². The smallest absolute Gasteiger partial charge is 0.222 e. The number of aliphatic hydroxyl groups is 1. The van der Waals surface area contributed by atoms with E-state index in [4.69, 9.17) is 11.5 Å². The minimum absolute atomic E-state index is 0.0378. The standard InChI is InChI=1S/C12H21NO2/c1-3-5-6-7-8-12(15)13(9-4-2)10-11-14/h1,14H,4-11H2,2H3. The lowest BCUT2D eigenvalue weighted by atomic mass is 10.2. The van der Waals surface area contributed by atoms with Crippen LogP contribution in [0.3, 0.4) is 0 Å². The van der Waals surface area contributed by atoms with Crippen LogP contribution in [0.2, 0.25) is 0 Å². The zero-order chi connectivity index (χ0) is 11.5. The molecule has 0 aliphatic rings. The minimum atomic E-state index is 0.0378. The summed E-state index contributed by atoms with van der Waals surface area (Å²) in [7, 11) is 0. The van der Waals surface area contributed by atoms with Crippen molar-refractivity contribution in [1.82, 2.24) is 4.90 Å². The van der Waals surface area contributed by atoms with Gasteiger partial charge in [-0.1, -0.05) is 6.92 Å². The van der Waals surface area contributed by atoms with E-state index in [-0.39, 0.29) is 12.5 Å². The van der Waals surface area contributed by atoms with E-state index in [2.05, 4.69) is 5.92 Å². The van der Waals surface area contributed by atoms with Gasteiger partial charge in [0.1, 0.15) is 0 Å². The van der Waals surface area contributed by atoms with Crippen LogP contribution in [0, 0.1) is 12.3 Å². The number of rotatable bonds is 8. The normalized spacial score (nSPS) is 9.67. The average Bonchev–Trinajstić information content (AvgIpc) is 2.24. The number of unbranched alkanes of at least 4 members (excludes halogenated alkanes) is 2. The van der Waals surface area contributed by atoms with Crippen LogP contribution in [0.5, 0.6) is 0 Å². The Hall–Kier alpha value is -1.01. The van der Waals surface area contributed by atoms with Crippen molar-refractivity contribution in [2.24, 2.45) is 0 Å². The van der Waals surface area contributed by atoms with Gasteiger partial charge >= 0.3 is 0 Å². The van der Waals surface area contributed by atoms with E-state index in [0.717, 1.165) is 32.2 Å². The molecule has 0 radical (unpaired) electrons. The molecule has 0 saturated carbocycles. The van der Waals surface area contributed by atoms with Crippen LogP contribution in [-0.2, 0) is 4.79 Å². The van der Waals surface area contributed by atoms with Crippen LogP contribution in [-0.4, -0.2) is 35.6 Å². The largest absolute Gasteiger partial charge is 0.395 e. The molecular formula is C12H21NO2. The molecule has 0 aliphatic carbocycles. The molecule has 0 fully saturated rings. The molecule has 1 N–H and O–H groups in total. The lowest BCUT2D eigenvalue weighted by Crippen LogP contribution is -2.34. The van der Waals surface area contributed by atoms with Crippen LogP contribution >= 0.6 is 0 Å². The number of nitrogens with zero attached hydrogens (tertiary/aromatic N) is 1. The maximum absolute atomic E-state index is 11.6. The van der Waals surface area contributed by atoms with Crippen molar-refractivity contribution in [2.75, 3.05) is 19.7 Å². The summed E-state index contributed by atoms with van der Waals surface area (Å²) in [6.45, 7) is 3.24. The Kier molecular flexibility index (Phi) is 8.90. The molecule has 0 atom stereocenters. The molecule has 0 aromatic carbocycles. The lowest BCUT2D eigenvalue weighted by molar-refractivity contribution is -0.131. The van der Waals surface area contributed by atoms with Crippen LogP contribution in [0.4, 0.5) is 0 Å². The highest BCUT2D eigenvalue weighted by atomic mass is 16.3. The molecule has 0 rings (SSSR count). The van der Waals surface area contributed by atoms with Crippen molar-refractivity contribution in [2.45, 2.75) is 39.0 Å². The number of hydrogen-bond donors (Lipinski definition) is 1. The fourth-order valence-electron chi connectivity index (χ4n) is 1.41. The summed E-state index contributed by atoms with van der Waals surface area (Å²) in [5.74, 6) is 2.68. The average molecular weight is 211 g/mol. The van der Waals surface area contributed by atoms with E-state index < -0.39 is 0 Å². The molecule has 15 heavy (non-hydrogen) atoms. The van der Waals surface area contributed by atoms with Gasteiger partial charge in [0.15, 0.2) is 0 Å². The minimum Gasteiger partial charge on any atom is -0.395 e. The second-order valence-corrected chi connectivity index (χ2v) is 3.52. The predicted molar refractivity (Wildman–Crippen MR) is 61.3 cm³/mol. The second-order valence-electron chi connectivity index (χ2n) is 3.52. The van der Waals surface area contributed by atoms with Crippen LogP contribution in [0.15, 0.2) is 0 Å². The maximum atomic E-state index is 11.6. The Morgan fingerprint density at radius 2 is 2.13 bits per heavy atom. The number of carbonyl (C=O) groups excluding carboxylic acids is 1. The highest BCUT2D eigenvalue weighted by molar-refractivity contribution is 5.76. The molecule has 0 bridgehead atoms. The quantitative estimate of drug-likeness (QED) is 0.487. The topological polar surface area (TPSA) is 40.5 Å². The van der Waals surface area contributed by atoms with Gasteiger partial charge in [-0.05, 0) is 19.3 Å². The number of terminal acetylenes is 1. The fraction of sp³-hybridized carbons (Fsp3) is 0.750. The SMILES string of the molecule is C#CCCCCC(=O)N(CCC)CCO. The molecule has 0 unspecified atom stereocenters. The van der Waals surface area contributed by atoms with Crippen LogP contribution < -0.4 is 0 Å². The Morgan fingerprint density at radius 3 is 2.67 bits per heavy atom. The molecule has 3 heteroatoms. The molecule has 86 valence electrons. The van der Waals surface area contributed by atoms with Gasteiger partial charge < -0.3 is 10.0 Å². The van der Waals surface area contributed by atoms with Crippen LogP contribution in [0.1, 0.15) is 39.0 Å². The number of amides is 1. The summed E-state index contributed by atoms with van der Waals surface area (Å²) < 4.78 is 0. The van der Waals surface area contributed by atoms with E-state index in [9.17, 15) is 4.79 Å². The van der Waals surface area contributed by atoms with Gasteiger partial charge in [-0.3, -0.25) is 4.79 Å². The molecule has 0 saturated heterocycles. The predicted octanol–water partition coefficient (Wildman–Crippen LogP) is 1.41. The van der Waals surface area contributed by atoms with E-state index in [1.54, 1.807) is 4.90 Å². The highest BCUT2D eigenvalue weighted by Crippen LogP contribution is 2.03. The molecule has 1 amide bonds. The van der Waals surface area contributed by atoms with Crippen molar-refractivity contribution < 1.29 is 9.90 Å². The Labute approximate surface area is 92.5 Å². The number of aliphatic hydroxyl groups excluding tert-OH is 1. The maximum Gasteiger partial charge on any atom is 0.222 e. The first kappa shape index (κ1) is 14.0. The van der Waals surface area contributed by atoms with E-state index in [0.29, 0.717) is 13.0 Å². The van der Waals surface area contributed by atoms with Crippen molar-refractivity contribution in [3.63, 3.8) is 0 Å². The Balaban J connectivity index is 3.76. The summed E-state index contributed by atoms with van der Waals surface area (Å²) in [5, 5.41) is 8.80. The monoisotopic (exact) mass is 211 g/mol. The summed E-state index contributed by atoms with van der Waals surface area (Å²) in [6.07, 6.45) is 9.08. The first-order valence-corrected chi connectivity index (χ1v) is 5.58. The third kappa shape index (κ3) is 6.98. The summed E-state index contributed by atoms with van der Waals surface area (Å²) in [4.78, 5) is 13.4. The van der Waals surface area contributed by atoms with Gasteiger partial charge in [0.05, 0.1) is 6.61 Å². The third-order valence-corrected chi connectivity index (χ3v) is 2.18. The van der Waals surface area contributed by atoms with Crippen molar-refractivity contribution >= 4 is 5.91 Å². The third-order valence-electron chi connectivity index (χ3n) is 2.18. The number of hydrogen-bond acceptors (Lipinski definition) is 2. The zero-order valence-electron chi connectivity index (χ0n) is 9.54. The molecule has 0 heterocycles. The van der Waals surface area contributed by atoms with Gasteiger partial charge in [-0.15, -0.1) is 12.3 Å². The second kappa shape index (κ2) is 9.54. The molecule has 0 aromatic rings. The Morgan fingerprint density at radius 1 is 1.40 bits per heavy atom. The summed E-state index contributed by atoms with van der Waals surface area (Å²) in [6, 6.07) is 0. The van der Waals surface area contributed by atoms with Crippen molar-refractivity contribution in [3.8, 4) is 12.3 Å². The summed E-state index contributed by atoms with van der Waals surface area (Å²) >= 11 is 0. The highest BCUT2D eigenvalue weighted by Gasteiger charge is 2.10. The van der Waals surface area contributed by atoms with Gasteiger partial charge in [-0.2, -0.15) is 0 Å². The Bertz CT molecular complexity index is 202. The lowest BCUT2D eigenvalue weighted by Gasteiger charge is -2.20. The molecular weight excluding hydrogens is 190 g/mol.